The van der Waals surface area contributed by atoms with Gasteiger partial charge in [-0.25, -0.2) is 0 Å². The zero-order valence-corrected chi connectivity index (χ0v) is 17.5. The molecule has 3 N–H and O–H groups in total. The van der Waals surface area contributed by atoms with E-state index in [-0.39, 0.29) is 30.6 Å². The van der Waals surface area contributed by atoms with Gasteiger partial charge >= 0.3 is 0 Å². The average Bonchev–Trinajstić information content (AvgIpc) is 3.07. The maximum absolute atomic E-state index is 12.9. The molecular weight excluding hydrogens is 416 g/mol. The molecule has 0 spiro atoms. The average molecular weight is 437 g/mol. The van der Waals surface area contributed by atoms with Gasteiger partial charge in [0.2, 0.25) is 11.8 Å². The van der Waals surface area contributed by atoms with Crippen LogP contribution in [0.4, 0.5) is 5.69 Å². The molecule has 0 radical (unpaired) electrons. The summed E-state index contributed by atoms with van der Waals surface area (Å²) in [5.41, 5.74) is 4.15. The fraction of sp³-hybridized carbons (Fsp3) is 0.261. The van der Waals surface area contributed by atoms with Crippen LogP contribution in [0.25, 0.3) is 10.9 Å². The minimum absolute atomic E-state index is 0.0363. The molecule has 5 rings (SSSR count). The third-order valence-corrected chi connectivity index (χ3v) is 6.22. The molecule has 0 saturated heterocycles. The molecular formula is C23H21ClN4O3. The summed E-state index contributed by atoms with van der Waals surface area (Å²) in [4.78, 5) is 43.1. The number of hydrogen-bond acceptors (Lipinski definition) is 3. The van der Waals surface area contributed by atoms with Crippen LogP contribution in [0, 0.1) is 0 Å². The number of para-hydroxylation sites is 1. The number of hydrogen-bond donors (Lipinski definition) is 3. The number of nitrogens with one attached hydrogen (secondary N) is 3. The Morgan fingerprint density at radius 3 is 2.87 bits per heavy atom. The fourth-order valence-corrected chi connectivity index (χ4v) is 4.51. The van der Waals surface area contributed by atoms with Crippen molar-refractivity contribution in [2.24, 2.45) is 0 Å². The van der Waals surface area contributed by atoms with E-state index in [0.29, 0.717) is 29.4 Å². The standard InChI is InChI=1S/C23H21ClN4O3/c24-13-5-6-18-15(11-13)16-12-28(10-9-19(16)25-18)21(29)8-7-20-23(31)26-17-4-2-1-3-14(17)22(30)27-20/h1-6,11,20,25H,7-10,12H2,(H,26,31)(H,27,30)/t20-/m1/s1. The highest BCUT2D eigenvalue weighted by Crippen LogP contribution is 2.30. The van der Waals surface area contributed by atoms with Gasteiger partial charge in [0.15, 0.2) is 0 Å². The van der Waals surface area contributed by atoms with Gasteiger partial charge in [-0.1, -0.05) is 23.7 Å². The lowest BCUT2D eigenvalue weighted by Gasteiger charge is -2.28. The molecule has 158 valence electrons. The lowest BCUT2D eigenvalue weighted by atomic mass is 10.0. The van der Waals surface area contributed by atoms with Crippen LogP contribution in [0.15, 0.2) is 42.5 Å². The number of halogens is 1. The van der Waals surface area contributed by atoms with Gasteiger partial charge in [0, 0.05) is 53.1 Å². The number of aromatic nitrogens is 1. The van der Waals surface area contributed by atoms with Crippen molar-refractivity contribution in [3.05, 3.63) is 64.3 Å². The Hall–Kier alpha value is -3.32. The summed E-state index contributed by atoms with van der Waals surface area (Å²) >= 11 is 6.16. The second-order valence-electron chi connectivity index (χ2n) is 7.94. The summed E-state index contributed by atoms with van der Waals surface area (Å²) in [7, 11) is 0. The summed E-state index contributed by atoms with van der Waals surface area (Å²) in [6.45, 7) is 1.12. The number of aromatic amines is 1. The molecule has 2 aliphatic heterocycles. The predicted octanol–water partition coefficient (Wildman–Crippen LogP) is 3.24. The number of H-pyrrole nitrogens is 1. The van der Waals surface area contributed by atoms with Crippen LogP contribution in [0.2, 0.25) is 5.02 Å². The van der Waals surface area contributed by atoms with E-state index in [1.807, 2.05) is 23.1 Å². The lowest BCUT2D eigenvalue weighted by molar-refractivity contribution is -0.132. The first kappa shape index (κ1) is 19.6. The van der Waals surface area contributed by atoms with Gasteiger partial charge in [0.25, 0.3) is 5.91 Å². The zero-order valence-electron chi connectivity index (χ0n) is 16.7. The SMILES string of the molecule is O=C1N[C@H](CCC(=O)N2CCc3[nH]c4ccc(Cl)cc4c3C2)C(=O)Nc2ccccc21. The number of carbonyl (C=O) groups excluding carboxylic acids is 3. The van der Waals surface area contributed by atoms with Crippen LogP contribution in [-0.4, -0.2) is 40.2 Å². The first-order chi connectivity index (χ1) is 15.0. The van der Waals surface area contributed by atoms with E-state index in [2.05, 4.69) is 15.6 Å². The molecule has 1 aromatic heterocycles. The summed E-state index contributed by atoms with van der Waals surface area (Å²) in [5, 5.41) is 7.22. The lowest BCUT2D eigenvalue weighted by Crippen LogP contribution is -2.42. The Kier molecular flexibility index (Phi) is 4.90. The van der Waals surface area contributed by atoms with Crippen LogP contribution in [0.1, 0.15) is 34.5 Å². The second-order valence-corrected chi connectivity index (χ2v) is 8.37. The molecule has 0 saturated carbocycles. The highest BCUT2D eigenvalue weighted by Gasteiger charge is 2.29. The number of rotatable bonds is 3. The van der Waals surface area contributed by atoms with Crippen LogP contribution < -0.4 is 10.6 Å². The van der Waals surface area contributed by atoms with Gasteiger partial charge in [-0.15, -0.1) is 0 Å². The van der Waals surface area contributed by atoms with E-state index in [0.717, 1.165) is 28.6 Å². The molecule has 3 heterocycles. The van der Waals surface area contributed by atoms with Gasteiger partial charge in [-0.05, 0) is 36.8 Å². The molecule has 0 aliphatic carbocycles. The summed E-state index contributed by atoms with van der Waals surface area (Å²) in [5.74, 6) is -0.658. The van der Waals surface area contributed by atoms with Crippen molar-refractivity contribution in [1.82, 2.24) is 15.2 Å². The monoisotopic (exact) mass is 436 g/mol. The summed E-state index contributed by atoms with van der Waals surface area (Å²) in [6, 6.07) is 11.8. The Morgan fingerprint density at radius 1 is 1.16 bits per heavy atom. The van der Waals surface area contributed by atoms with E-state index in [4.69, 9.17) is 11.6 Å². The number of benzene rings is 2. The van der Waals surface area contributed by atoms with Crippen LogP contribution in [-0.2, 0) is 22.6 Å². The molecule has 8 heteroatoms. The highest BCUT2D eigenvalue weighted by molar-refractivity contribution is 6.31. The molecule has 31 heavy (non-hydrogen) atoms. The highest BCUT2D eigenvalue weighted by atomic mass is 35.5. The Labute approximate surface area is 183 Å². The Bertz CT molecular complexity index is 1220. The van der Waals surface area contributed by atoms with E-state index in [1.165, 1.54) is 0 Å². The minimum Gasteiger partial charge on any atom is -0.358 e. The van der Waals surface area contributed by atoms with Gasteiger partial charge in [-0.3, -0.25) is 14.4 Å². The first-order valence-electron chi connectivity index (χ1n) is 10.3. The molecule has 7 nitrogen and oxygen atoms in total. The van der Waals surface area contributed by atoms with E-state index in [1.54, 1.807) is 24.3 Å². The van der Waals surface area contributed by atoms with Crippen molar-refractivity contribution in [3.8, 4) is 0 Å². The van der Waals surface area contributed by atoms with E-state index < -0.39 is 6.04 Å². The van der Waals surface area contributed by atoms with Crippen LogP contribution >= 0.6 is 11.6 Å². The molecule has 3 aromatic rings. The van der Waals surface area contributed by atoms with Crippen LogP contribution in [0.5, 0.6) is 0 Å². The Morgan fingerprint density at radius 2 is 2.00 bits per heavy atom. The maximum Gasteiger partial charge on any atom is 0.254 e. The molecule has 0 fully saturated rings. The topological polar surface area (TPSA) is 94.3 Å². The summed E-state index contributed by atoms with van der Waals surface area (Å²) < 4.78 is 0. The summed E-state index contributed by atoms with van der Waals surface area (Å²) in [6.07, 6.45) is 1.16. The third-order valence-electron chi connectivity index (χ3n) is 5.99. The van der Waals surface area contributed by atoms with Crippen molar-refractivity contribution in [1.29, 1.82) is 0 Å². The number of fused-ring (bicyclic) bond motifs is 4. The number of carbonyl (C=O) groups is 3. The fourth-order valence-electron chi connectivity index (χ4n) is 4.34. The molecule has 3 amide bonds. The maximum atomic E-state index is 12.9. The number of amides is 3. The zero-order chi connectivity index (χ0) is 21.5. The number of nitrogens with zero attached hydrogens (tertiary/aromatic N) is 1. The van der Waals surface area contributed by atoms with E-state index in [9.17, 15) is 14.4 Å². The van der Waals surface area contributed by atoms with Gasteiger partial charge in [0.1, 0.15) is 6.04 Å². The Balaban J connectivity index is 1.26. The molecule has 2 aromatic carbocycles. The van der Waals surface area contributed by atoms with Crippen molar-refractivity contribution >= 4 is 45.9 Å². The van der Waals surface area contributed by atoms with Crippen molar-refractivity contribution < 1.29 is 14.4 Å². The van der Waals surface area contributed by atoms with Gasteiger partial charge < -0.3 is 20.5 Å². The largest absolute Gasteiger partial charge is 0.358 e. The predicted molar refractivity (Wildman–Crippen MR) is 118 cm³/mol. The molecule has 0 bridgehead atoms. The van der Waals surface area contributed by atoms with Crippen molar-refractivity contribution in [2.45, 2.75) is 31.8 Å². The van der Waals surface area contributed by atoms with Crippen molar-refractivity contribution in [3.63, 3.8) is 0 Å². The molecule has 0 unspecified atom stereocenters. The quantitative estimate of drug-likeness (QED) is 0.588. The van der Waals surface area contributed by atoms with Crippen molar-refractivity contribution in [2.75, 3.05) is 11.9 Å². The molecule has 2 aliphatic rings. The van der Waals surface area contributed by atoms with Crippen LogP contribution in [0.3, 0.4) is 0 Å². The number of anilines is 1. The molecule has 1 atom stereocenters. The smallest absolute Gasteiger partial charge is 0.254 e. The second kappa shape index (κ2) is 7.74. The normalized spacial score (nSPS) is 18.1. The minimum atomic E-state index is -0.754. The first-order valence-corrected chi connectivity index (χ1v) is 10.6. The van der Waals surface area contributed by atoms with E-state index >= 15 is 0 Å². The van der Waals surface area contributed by atoms with Gasteiger partial charge in [-0.2, -0.15) is 0 Å². The third kappa shape index (κ3) is 3.65. The van der Waals surface area contributed by atoms with Gasteiger partial charge in [0.05, 0.1) is 11.3 Å².